The number of nitro groups is 1. The Morgan fingerprint density at radius 3 is 2.54 bits per heavy atom. The van der Waals surface area contributed by atoms with Crippen molar-refractivity contribution in [2.24, 2.45) is 51.5 Å². The number of nitrogens with zero attached hydrogens (tertiary/aromatic N) is 6. The predicted octanol–water partition coefficient (Wildman–Crippen LogP) is 7.29. The van der Waals surface area contributed by atoms with Crippen molar-refractivity contribution in [1.29, 1.82) is 0 Å². The summed E-state index contributed by atoms with van der Waals surface area (Å²) in [5.74, 6) is 3.66. The average Bonchev–Trinajstić information content (AvgIpc) is 3.82. The van der Waals surface area contributed by atoms with Crippen molar-refractivity contribution in [3.63, 3.8) is 0 Å². The van der Waals surface area contributed by atoms with Gasteiger partial charge in [-0.25, -0.2) is 4.63 Å². The summed E-state index contributed by atoms with van der Waals surface area (Å²) in [7, 11) is 0. The fourth-order valence-corrected chi connectivity index (χ4v) is 11.7. The van der Waals surface area contributed by atoms with E-state index in [0.717, 1.165) is 31.6 Å². The van der Waals surface area contributed by atoms with Crippen LogP contribution < -0.4 is 10.6 Å². The Kier molecular flexibility index (Phi) is 14.0. The standard InChI is InChI=1S/C39H58N8O8S/c1-24(4-11-34(48)54-21-20-53-19-18-52-17-16-41-46-40)28-7-8-29-27-6-5-25-22-26(12-14-38(25,2)30(27)13-15-39(28,29)3)42-37(49)32(23-56)43-31-9-10-33(47(50)51)36-35(31)44-55-45-36/h9-10,24-30,32,43,56H,4-8,11-23H2,1-3H3,(H,42,49)/t24-,25-,26-,27?,28?,29?,30?,32?,38+,39-/m1/s1. The van der Waals surface area contributed by atoms with E-state index in [1.807, 2.05) is 0 Å². The third-order valence-electron chi connectivity index (χ3n) is 14.3. The Balaban J connectivity index is 0.955. The van der Waals surface area contributed by atoms with Gasteiger partial charge in [0.2, 0.25) is 11.4 Å². The van der Waals surface area contributed by atoms with Crippen LogP contribution in [0, 0.1) is 56.5 Å². The van der Waals surface area contributed by atoms with E-state index >= 15 is 0 Å². The van der Waals surface area contributed by atoms with E-state index in [2.05, 4.69) is 64.4 Å². The zero-order valence-corrected chi connectivity index (χ0v) is 33.8. The lowest BCUT2D eigenvalue weighted by atomic mass is 9.44. The number of carbonyl (C=O) groups excluding carboxylic acids is 2. The van der Waals surface area contributed by atoms with Gasteiger partial charge in [0.05, 0.1) is 37.0 Å². The lowest BCUT2D eigenvalue weighted by Crippen LogP contribution is -2.56. The van der Waals surface area contributed by atoms with E-state index in [9.17, 15) is 19.7 Å². The fourth-order valence-electron chi connectivity index (χ4n) is 11.5. The Morgan fingerprint density at radius 2 is 1.77 bits per heavy atom. The van der Waals surface area contributed by atoms with Crippen molar-refractivity contribution in [3.8, 4) is 0 Å². The van der Waals surface area contributed by atoms with E-state index in [1.165, 1.54) is 50.7 Å². The molecule has 1 heterocycles. The maximum Gasteiger partial charge on any atom is 0.305 e. The molecule has 0 spiro atoms. The molecule has 4 saturated carbocycles. The lowest BCUT2D eigenvalue weighted by Gasteiger charge is -2.61. The second-order valence-electron chi connectivity index (χ2n) is 17.0. The summed E-state index contributed by atoms with van der Waals surface area (Å²) in [5.41, 5.74) is 9.28. The van der Waals surface area contributed by atoms with Crippen molar-refractivity contribution in [2.45, 2.75) is 103 Å². The molecule has 0 radical (unpaired) electrons. The van der Waals surface area contributed by atoms with Gasteiger partial charge >= 0.3 is 11.7 Å². The maximum absolute atomic E-state index is 13.6. The third-order valence-corrected chi connectivity index (χ3v) is 14.6. The van der Waals surface area contributed by atoms with Gasteiger partial charge in [0.15, 0.2) is 5.52 Å². The molecular weight excluding hydrogens is 741 g/mol. The highest BCUT2D eigenvalue weighted by Crippen LogP contribution is 2.68. The zero-order valence-electron chi connectivity index (χ0n) is 32.9. The molecule has 4 aliphatic carbocycles. The van der Waals surface area contributed by atoms with Gasteiger partial charge in [-0.2, -0.15) is 12.6 Å². The largest absolute Gasteiger partial charge is 0.463 e. The lowest BCUT2D eigenvalue weighted by molar-refractivity contribution is -0.383. The van der Waals surface area contributed by atoms with Crippen molar-refractivity contribution in [2.75, 3.05) is 50.6 Å². The molecule has 0 saturated heterocycles. The van der Waals surface area contributed by atoms with Crippen LogP contribution in [0.5, 0.6) is 0 Å². The first-order valence-corrected chi connectivity index (χ1v) is 21.0. The minimum absolute atomic E-state index is 0.0309. The SMILES string of the molecule is C[C@H](CCC(=O)OCCOCCOCCN=[N+]=[N-])C1CCC2C3CC[C@@H]4C[C@H](NC(=O)C(CS)Nc5ccc([N+](=O)[O-])c6nonc56)CC[C@]4(C)C3CC[C@@]21C. The van der Waals surface area contributed by atoms with Crippen molar-refractivity contribution >= 4 is 46.9 Å². The van der Waals surface area contributed by atoms with Gasteiger partial charge in [-0.3, -0.25) is 19.7 Å². The van der Waals surface area contributed by atoms with Gasteiger partial charge in [0.1, 0.15) is 12.6 Å². The molecule has 5 unspecified atom stereocenters. The monoisotopic (exact) mass is 798 g/mol. The van der Waals surface area contributed by atoms with E-state index < -0.39 is 11.0 Å². The Bertz CT molecular complexity index is 1740. The number of hydrogen-bond donors (Lipinski definition) is 3. The number of esters is 1. The summed E-state index contributed by atoms with van der Waals surface area (Å²) in [6.45, 7) is 9.42. The number of nitro benzene ring substituents is 1. The number of carbonyl (C=O) groups is 2. The summed E-state index contributed by atoms with van der Waals surface area (Å²) in [4.78, 5) is 39.7. The van der Waals surface area contributed by atoms with E-state index in [0.29, 0.717) is 80.1 Å². The number of azide groups is 1. The first-order chi connectivity index (χ1) is 27.0. The van der Waals surface area contributed by atoms with Crippen LogP contribution in [0.15, 0.2) is 21.9 Å². The molecule has 17 heteroatoms. The Morgan fingerprint density at radius 1 is 1.04 bits per heavy atom. The van der Waals surface area contributed by atoms with Crippen LogP contribution in [-0.4, -0.2) is 84.5 Å². The predicted molar refractivity (Wildman–Crippen MR) is 212 cm³/mol. The fraction of sp³-hybridized carbons (Fsp3) is 0.795. The number of benzene rings is 1. The number of non-ortho nitro benzene ring substituents is 1. The van der Waals surface area contributed by atoms with Gasteiger partial charge in [-0.15, -0.1) is 0 Å². The molecule has 6 rings (SSSR count). The van der Waals surface area contributed by atoms with Crippen LogP contribution in [-0.2, 0) is 23.8 Å². The molecule has 1 amide bonds. The van der Waals surface area contributed by atoms with Crippen molar-refractivity contribution in [1.82, 2.24) is 15.6 Å². The molecule has 2 aromatic rings. The van der Waals surface area contributed by atoms with Crippen LogP contribution in [0.25, 0.3) is 21.5 Å². The summed E-state index contributed by atoms with van der Waals surface area (Å²) in [6, 6.07) is 2.28. The summed E-state index contributed by atoms with van der Waals surface area (Å²) >= 11 is 4.46. The number of thiol groups is 1. The maximum atomic E-state index is 13.6. The van der Waals surface area contributed by atoms with Crippen molar-refractivity contribution in [3.05, 3.63) is 32.7 Å². The number of fused-ring (bicyclic) bond motifs is 6. The average molecular weight is 799 g/mol. The van der Waals surface area contributed by atoms with Crippen LogP contribution in [0.4, 0.5) is 11.4 Å². The molecule has 0 bridgehead atoms. The van der Waals surface area contributed by atoms with Crippen LogP contribution in [0.2, 0.25) is 0 Å². The molecule has 56 heavy (non-hydrogen) atoms. The summed E-state index contributed by atoms with van der Waals surface area (Å²) < 4.78 is 21.0. The van der Waals surface area contributed by atoms with E-state index in [1.54, 1.807) is 0 Å². The van der Waals surface area contributed by atoms with E-state index in [4.69, 9.17) is 24.4 Å². The van der Waals surface area contributed by atoms with Gasteiger partial charge in [0, 0.05) is 35.7 Å². The molecule has 4 aliphatic rings. The van der Waals surface area contributed by atoms with Gasteiger partial charge in [0.25, 0.3) is 0 Å². The third kappa shape index (κ3) is 9.05. The molecule has 10 atom stereocenters. The topological polar surface area (TPSA) is 217 Å². The normalized spacial score (nSPS) is 30.6. The van der Waals surface area contributed by atoms with Gasteiger partial charge in [-0.05, 0) is 132 Å². The second kappa shape index (κ2) is 18.7. The molecule has 4 fully saturated rings. The number of nitrogens with one attached hydrogen (secondary N) is 2. The molecule has 1 aromatic carbocycles. The highest BCUT2D eigenvalue weighted by molar-refractivity contribution is 7.80. The Hall–Kier alpha value is -3.66. The smallest absolute Gasteiger partial charge is 0.305 e. The van der Waals surface area contributed by atoms with Crippen molar-refractivity contribution < 1.29 is 33.4 Å². The van der Waals surface area contributed by atoms with Crippen LogP contribution >= 0.6 is 12.6 Å². The molecular formula is C39H58N8O8S. The van der Waals surface area contributed by atoms with Crippen LogP contribution in [0.3, 0.4) is 0 Å². The van der Waals surface area contributed by atoms with Crippen LogP contribution in [0.1, 0.15) is 91.4 Å². The molecule has 1 aromatic heterocycles. The zero-order chi connectivity index (χ0) is 39.9. The minimum atomic E-state index is -0.664. The number of anilines is 1. The first-order valence-electron chi connectivity index (χ1n) is 20.4. The molecule has 16 nitrogen and oxygen atoms in total. The number of rotatable bonds is 19. The number of aromatic nitrogens is 2. The second-order valence-corrected chi connectivity index (χ2v) is 17.4. The highest BCUT2D eigenvalue weighted by Gasteiger charge is 2.60. The number of hydrogen-bond acceptors (Lipinski definition) is 13. The summed E-state index contributed by atoms with van der Waals surface area (Å²) in [5, 5.41) is 28.9. The Labute approximate surface area is 333 Å². The minimum Gasteiger partial charge on any atom is -0.463 e. The van der Waals surface area contributed by atoms with Gasteiger partial charge in [-0.1, -0.05) is 25.9 Å². The van der Waals surface area contributed by atoms with Gasteiger partial charge < -0.3 is 24.8 Å². The molecule has 308 valence electrons. The highest BCUT2D eigenvalue weighted by atomic mass is 32.1. The molecule has 0 aliphatic heterocycles. The first kappa shape index (κ1) is 42.0. The number of ether oxygens (including phenoxy) is 3. The molecule has 2 N–H and O–H groups in total. The van der Waals surface area contributed by atoms with E-state index in [-0.39, 0.29) is 52.4 Å². The number of amides is 1. The summed E-state index contributed by atoms with van der Waals surface area (Å²) in [6.07, 6.45) is 11.7. The quantitative estimate of drug-likeness (QED) is 0.0187.